The van der Waals surface area contributed by atoms with E-state index >= 15 is 0 Å². The highest BCUT2D eigenvalue weighted by molar-refractivity contribution is 5.91. The summed E-state index contributed by atoms with van der Waals surface area (Å²) in [6, 6.07) is 0. The van der Waals surface area contributed by atoms with Crippen molar-refractivity contribution in [2.75, 3.05) is 0 Å². The molecule has 27 heavy (non-hydrogen) atoms. The first-order valence-corrected chi connectivity index (χ1v) is 11.7. The molecule has 0 aromatic heterocycles. The minimum absolute atomic E-state index is 0.322. The number of carbonyl (C=O) groups is 1. The third kappa shape index (κ3) is 3.28. The van der Waals surface area contributed by atoms with Crippen LogP contribution in [0.4, 0.5) is 0 Å². The summed E-state index contributed by atoms with van der Waals surface area (Å²) in [5.74, 6) is 4.69. The van der Waals surface area contributed by atoms with E-state index in [0.29, 0.717) is 16.6 Å². The first-order chi connectivity index (χ1) is 12.9. The molecule has 0 aromatic carbocycles. The molecule has 7 atom stereocenters. The second-order valence-corrected chi connectivity index (χ2v) is 10.2. The van der Waals surface area contributed by atoms with Crippen molar-refractivity contribution in [3.05, 3.63) is 24.3 Å². The van der Waals surface area contributed by atoms with Crippen LogP contribution in [0.3, 0.4) is 0 Å². The minimum Gasteiger partial charge on any atom is -0.295 e. The van der Waals surface area contributed by atoms with E-state index in [2.05, 4.69) is 33.4 Å². The van der Waals surface area contributed by atoms with Crippen LogP contribution in [0.5, 0.6) is 0 Å². The summed E-state index contributed by atoms with van der Waals surface area (Å²) in [4.78, 5) is 11.9. The molecule has 4 aliphatic rings. The van der Waals surface area contributed by atoms with Gasteiger partial charge in [0.2, 0.25) is 0 Å². The molecule has 4 aliphatic carbocycles. The van der Waals surface area contributed by atoms with Crippen molar-refractivity contribution in [2.45, 2.75) is 92.4 Å². The molecular formula is C26H42O. The van der Waals surface area contributed by atoms with Gasteiger partial charge in [0, 0.05) is 6.42 Å². The zero-order valence-electron chi connectivity index (χ0n) is 18.5. The molecule has 0 amide bonds. The van der Waals surface area contributed by atoms with Gasteiger partial charge in [-0.2, -0.15) is 0 Å². The average molecular weight is 371 g/mol. The Labute approximate surface area is 168 Å². The van der Waals surface area contributed by atoms with Crippen LogP contribution in [-0.2, 0) is 4.79 Å². The third-order valence-corrected chi connectivity index (χ3v) is 9.26. The Morgan fingerprint density at radius 3 is 2.56 bits per heavy atom. The molecule has 0 saturated heterocycles. The SMILES string of the molecule is C=CCC(C)C1CCC2C3CCC4=CC(=O)CCC4(C)C3CCC12C.CC. The zero-order valence-corrected chi connectivity index (χ0v) is 18.5. The Bertz CT molecular complexity index is 601. The van der Waals surface area contributed by atoms with E-state index in [0.717, 1.165) is 42.4 Å². The number of carbonyl (C=O) groups excluding carboxylic acids is 1. The average Bonchev–Trinajstić information content (AvgIpc) is 3.01. The Morgan fingerprint density at radius 2 is 1.85 bits per heavy atom. The Balaban J connectivity index is 0.00000102. The molecule has 0 bridgehead atoms. The van der Waals surface area contributed by atoms with Crippen LogP contribution < -0.4 is 0 Å². The van der Waals surface area contributed by atoms with E-state index in [1.54, 1.807) is 0 Å². The predicted octanol–water partition coefficient (Wildman–Crippen LogP) is 7.37. The highest BCUT2D eigenvalue weighted by Gasteiger charge is 2.59. The van der Waals surface area contributed by atoms with Crippen molar-refractivity contribution in [1.29, 1.82) is 0 Å². The van der Waals surface area contributed by atoms with Gasteiger partial charge in [0.05, 0.1) is 0 Å². The quantitative estimate of drug-likeness (QED) is 0.474. The Kier molecular flexibility index (Phi) is 6.09. The second-order valence-electron chi connectivity index (χ2n) is 10.2. The summed E-state index contributed by atoms with van der Waals surface area (Å²) in [5, 5.41) is 0. The second kappa shape index (κ2) is 7.88. The molecular weight excluding hydrogens is 328 g/mol. The largest absolute Gasteiger partial charge is 0.295 e. The highest BCUT2D eigenvalue weighted by atomic mass is 16.1. The lowest BCUT2D eigenvalue weighted by molar-refractivity contribution is -0.117. The first kappa shape index (κ1) is 20.9. The van der Waals surface area contributed by atoms with Crippen LogP contribution in [0, 0.1) is 40.4 Å². The number of hydrogen-bond donors (Lipinski definition) is 0. The normalized spacial score (nSPS) is 44.0. The van der Waals surface area contributed by atoms with Gasteiger partial charge < -0.3 is 0 Å². The topological polar surface area (TPSA) is 17.1 Å². The van der Waals surface area contributed by atoms with E-state index in [4.69, 9.17) is 0 Å². The Hall–Kier alpha value is -0.850. The van der Waals surface area contributed by atoms with Gasteiger partial charge in [0.1, 0.15) is 0 Å². The van der Waals surface area contributed by atoms with Crippen LogP contribution in [0.2, 0.25) is 0 Å². The van der Waals surface area contributed by atoms with Gasteiger partial charge in [-0.1, -0.05) is 46.3 Å². The molecule has 0 N–H and O–H groups in total. The lowest BCUT2D eigenvalue weighted by atomic mass is 9.46. The maximum Gasteiger partial charge on any atom is 0.155 e. The summed E-state index contributed by atoms with van der Waals surface area (Å²) in [5.41, 5.74) is 2.37. The van der Waals surface area contributed by atoms with E-state index in [9.17, 15) is 4.79 Å². The molecule has 4 rings (SSSR count). The molecule has 1 nitrogen and oxygen atoms in total. The summed E-state index contributed by atoms with van der Waals surface area (Å²) in [7, 11) is 0. The number of ketones is 1. The van der Waals surface area contributed by atoms with Gasteiger partial charge in [-0.25, -0.2) is 0 Å². The van der Waals surface area contributed by atoms with Gasteiger partial charge in [0.15, 0.2) is 5.78 Å². The lowest BCUT2D eigenvalue weighted by Crippen LogP contribution is -2.50. The first-order valence-electron chi connectivity index (χ1n) is 11.7. The molecule has 3 saturated carbocycles. The predicted molar refractivity (Wildman–Crippen MR) is 116 cm³/mol. The third-order valence-electron chi connectivity index (χ3n) is 9.26. The van der Waals surface area contributed by atoms with Gasteiger partial charge in [-0.15, -0.1) is 6.58 Å². The number of hydrogen-bond acceptors (Lipinski definition) is 1. The maximum atomic E-state index is 11.9. The molecule has 0 aromatic rings. The van der Waals surface area contributed by atoms with Crippen molar-refractivity contribution in [2.24, 2.45) is 40.4 Å². The zero-order chi connectivity index (χ0) is 19.8. The maximum absolute atomic E-state index is 11.9. The molecule has 0 aliphatic heterocycles. The van der Waals surface area contributed by atoms with Crippen molar-refractivity contribution < 1.29 is 4.79 Å². The number of allylic oxidation sites excluding steroid dienone is 2. The standard InChI is InChI=1S/C24H36O.C2H6/c1-5-6-16(2)20-9-10-21-19-8-7-17-15-18(25)11-13-23(17,3)22(19)12-14-24(20,21)4;1-2/h5,15-16,19-22H,1,6-14H2,2-4H3;1-2H3. The van der Waals surface area contributed by atoms with Crippen LogP contribution in [0.15, 0.2) is 24.3 Å². The molecule has 0 radical (unpaired) electrons. The molecule has 7 unspecified atom stereocenters. The van der Waals surface area contributed by atoms with Gasteiger partial charge in [0.25, 0.3) is 0 Å². The van der Waals surface area contributed by atoms with Crippen LogP contribution in [-0.4, -0.2) is 5.78 Å². The van der Waals surface area contributed by atoms with Gasteiger partial charge in [-0.3, -0.25) is 4.79 Å². The van der Waals surface area contributed by atoms with Crippen LogP contribution >= 0.6 is 0 Å². The molecule has 152 valence electrons. The Morgan fingerprint density at radius 1 is 1.11 bits per heavy atom. The van der Waals surface area contributed by atoms with Crippen molar-refractivity contribution in [3.8, 4) is 0 Å². The molecule has 0 heterocycles. The van der Waals surface area contributed by atoms with Crippen LogP contribution in [0.1, 0.15) is 92.4 Å². The van der Waals surface area contributed by atoms with Crippen molar-refractivity contribution in [3.63, 3.8) is 0 Å². The van der Waals surface area contributed by atoms with Gasteiger partial charge >= 0.3 is 0 Å². The number of fused-ring (bicyclic) bond motifs is 5. The van der Waals surface area contributed by atoms with E-state index in [1.807, 2.05) is 19.9 Å². The lowest BCUT2D eigenvalue weighted by Gasteiger charge is -2.58. The van der Waals surface area contributed by atoms with Gasteiger partial charge in [-0.05, 0) is 97.9 Å². The fourth-order valence-corrected chi connectivity index (χ4v) is 7.96. The molecule has 1 heteroatoms. The smallest absolute Gasteiger partial charge is 0.155 e. The number of rotatable bonds is 3. The minimum atomic E-state index is 0.322. The van der Waals surface area contributed by atoms with Crippen molar-refractivity contribution in [1.82, 2.24) is 0 Å². The molecule has 3 fully saturated rings. The summed E-state index contributed by atoms with van der Waals surface area (Å²) in [6.07, 6.45) is 15.4. The monoisotopic (exact) mass is 370 g/mol. The summed E-state index contributed by atoms with van der Waals surface area (Å²) in [6.45, 7) is 15.6. The molecule has 0 spiro atoms. The fraction of sp³-hybridized carbons (Fsp3) is 0.808. The highest BCUT2D eigenvalue weighted by Crippen LogP contribution is 2.67. The van der Waals surface area contributed by atoms with Crippen molar-refractivity contribution >= 4 is 5.78 Å². The van der Waals surface area contributed by atoms with Crippen LogP contribution in [0.25, 0.3) is 0 Å². The van der Waals surface area contributed by atoms with E-state index in [1.165, 1.54) is 50.5 Å². The van der Waals surface area contributed by atoms with E-state index in [-0.39, 0.29) is 0 Å². The fourth-order valence-electron chi connectivity index (χ4n) is 7.96. The van der Waals surface area contributed by atoms with E-state index < -0.39 is 0 Å². The summed E-state index contributed by atoms with van der Waals surface area (Å²) < 4.78 is 0. The summed E-state index contributed by atoms with van der Waals surface area (Å²) >= 11 is 0.